The molecule has 1 N–H and O–H groups in total. The highest BCUT2D eigenvalue weighted by atomic mass is 16.5. The fraction of sp³-hybridized carbons (Fsp3) is 0.727. The van der Waals surface area contributed by atoms with E-state index >= 15 is 0 Å². The average molecular weight is 210 g/mol. The molecule has 1 aromatic heterocycles. The first kappa shape index (κ1) is 10.6. The van der Waals surface area contributed by atoms with Crippen molar-refractivity contribution in [2.75, 3.05) is 6.61 Å². The van der Waals surface area contributed by atoms with Crippen LogP contribution < -0.4 is 0 Å². The molecule has 0 bridgehead atoms. The molecule has 4 nitrogen and oxygen atoms in total. The van der Waals surface area contributed by atoms with E-state index in [9.17, 15) is 5.11 Å². The van der Waals surface area contributed by atoms with Crippen LogP contribution in [0.4, 0.5) is 0 Å². The molecular formula is C11H18N2O2. The summed E-state index contributed by atoms with van der Waals surface area (Å²) in [7, 11) is 1.88. The van der Waals surface area contributed by atoms with E-state index in [4.69, 9.17) is 4.74 Å². The molecule has 2 atom stereocenters. The highest BCUT2D eigenvalue weighted by molar-refractivity contribution is 5.05. The third-order valence-corrected chi connectivity index (χ3v) is 2.79. The zero-order valence-electron chi connectivity index (χ0n) is 9.09. The second-order valence-electron chi connectivity index (χ2n) is 4.25. The average Bonchev–Trinajstić information content (AvgIpc) is 2.77. The molecule has 2 heterocycles. The van der Waals surface area contributed by atoms with Crippen molar-refractivity contribution in [1.29, 1.82) is 0 Å². The normalized spacial score (nSPS) is 23.2. The summed E-state index contributed by atoms with van der Waals surface area (Å²) in [6.45, 7) is 0.851. The fourth-order valence-electron chi connectivity index (χ4n) is 2.07. The largest absolute Gasteiger partial charge is 0.393 e. The van der Waals surface area contributed by atoms with Gasteiger partial charge in [0.2, 0.25) is 0 Å². The van der Waals surface area contributed by atoms with Gasteiger partial charge < -0.3 is 9.84 Å². The molecule has 2 unspecified atom stereocenters. The second kappa shape index (κ2) is 4.77. The first-order valence-corrected chi connectivity index (χ1v) is 5.51. The first-order chi connectivity index (χ1) is 7.24. The van der Waals surface area contributed by atoms with Crippen molar-refractivity contribution in [3.8, 4) is 0 Å². The lowest BCUT2D eigenvalue weighted by Gasteiger charge is -2.14. The van der Waals surface area contributed by atoms with E-state index in [-0.39, 0.29) is 12.2 Å². The quantitative estimate of drug-likeness (QED) is 0.803. The molecule has 1 aliphatic heterocycles. The van der Waals surface area contributed by atoms with Crippen LogP contribution in [0.5, 0.6) is 0 Å². The van der Waals surface area contributed by atoms with E-state index in [1.807, 2.05) is 13.2 Å². The van der Waals surface area contributed by atoms with Gasteiger partial charge in [0.05, 0.1) is 18.4 Å². The molecule has 1 aromatic rings. The van der Waals surface area contributed by atoms with E-state index in [1.165, 1.54) is 0 Å². The molecule has 1 fully saturated rings. The zero-order valence-corrected chi connectivity index (χ0v) is 9.09. The Bertz CT molecular complexity index is 305. The monoisotopic (exact) mass is 210 g/mol. The summed E-state index contributed by atoms with van der Waals surface area (Å²) in [4.78, 5) is 0. The molecule has 2 rings (SSSR count). The van der Waals surface area contributed by atoms with Crippen LogP contribution >= 0.6 is 0 Å². The van der Waals surface area contributed by atoms with Gasteiger partial charge in [0.1, 0.15) is 0 Å². The Morgan fingerprint density at radius 1 is 1.73 bits per heavy atom. The maximum absolute atomic E-state index is 9.86. The number of rotatable bonds is 4. The lowest BCUT2D eigenvalue weighted by Crippen LogP contribution is -2.18. The van der Waals surface area contributed by atoms with E-state index in [0.29, 0.717) is 6.42 Å². The Balaban J connectivity index is 1.78. The zero-order chi connectivity index (χ0) is 10.7. The highest BCUT2D eigenvalue weighted by Crippen LogP contribution is 2.18. The Kier molecular flexibility index (Phi) is 3.38. The van der Waals surface area contributed by atoms with Crippen LogP contribution in [0, 0.1) is 0 Å². The molecule has 1 aliphatic rings. The van der Waals surface area contributed by atoms with E-state index in [0.717, 1.165) is 31.4 Å². The number of aliphatic hydroxyl groups is 1. The lowest BCUT2D eigenvalue weighted by molar-refractivity contribution is 0.0541. The smallest absolute Gasteiger partial charge is 0.0606 e. The SMILES string of the molecule is Cn1cc(CC(O)CC2CCCO2)cn1. The summed E-state index contributed by atoms with van der Waals surface area (Å²) < 4.78 is 7.24. The van der Waals surface area contributed by atoms with Gasteiger partial charge in [0, 0.05) is 26.3 Å². The number of aliphatic hydroxyl groups excluding tert-OH is 1. The molecule has 0 amide bonds. The third-order valence-electron chi connectivity index (χ3n) is 2.79. The Morgan fingerprint density at radius 2 is 2.60 bits per heavy atom. The second-order valence-corrected chi connectivity index (χ2v) is 4.25. The van der Waals surface area contributed by atoms with Gasteiger partial charge >= 0.3 is 0 Å². The third kappa shape index (κ3) is 3.04. The van der Waals surface area contributed by atoms with Crippen LogP contribution in [0.3, 0.4) is 0 Å². The molecule has 4 heteroatoms. The summed E-state index contributed by atoms with van der Waals surface area (Å²) in [5, 5.41) is 13.9. The number of aryl methyl sites for hydroxylation is 1. The van der Waals surface area contributed by atoms with E-state index in [2.05, 4.69) is 5.10 Å². The van der Waals surface area contributed by atoms with Crippen LogP contribution in [-0.2, 0) is 18.2 Å². The number of ether oxygens (including phenoxy) is 1. The van der Waals surface area contributed by atoms with Gasteiger partial charge in [-0.3, -0.25) is 4.68 Å². The van der Waals surface area contributed by atoms with Crippen LogP contribution in [0.25, 0.3) is 0 Å². The van der Waals surface area contributed by atoms with Crippen LogP contribution in [0.1, 0.15) is 24.8 Å². The van der Waals surface area contributed by atoms with Gasteiger partial charge in [-0.15, -0.1) is 0 Å². The summed E-state index contributed by atoms with van der Waals surface area (Å²) >= 11 is 0. The fourth-order valence-corrected chi connectivity index (χ4v) is 2.07. The summed E-state index contributed by atoms with van der Waals surface area (Å²) in [5.74, 6) is 0. The maximum atomic E-state index is 9.86. The molecule has 15 heavy (non-hydrogen) atoms. The molecule has 0 spiro atoms. The number of nitrogens with zero attached hydrogens (tertiary/aromatic N) is 2. The standard InChI is InChI=1S/C11H18N2O2/c1-13-8-9(7-12-13)5-10(14)6-11-3-2-4-15-11/h7-8,10-11,14H,2-6H2,1H3. The van der Waals surface area contributed by atoms with Crippen molar-refractivity contribution in [2.24, 2.45) is 7.05 Å². The maximum Gasteiger partial charge on any atom is 0.0606 e. The summed E-state index contributed by atoms with van der Waals surface area (Å²) in [5.41, 5.74) is 1.09. The van der Waals surface area contributed by atoms with Crippen LogP contribution in [0.15, 0.2) is 12.4 Å². The van der Waals surface area contributed by atoms with Gasteiger partial charge in [-0.2, -0.15) is 5.10 Å². The van der Waals surface area contributed by atoms with Crippen LogP contribution in [-0.4, -0.2) is 33.7 Å². The van der Waals surface area contributed by atoms with Gasteiger partial charge in [-0.25, -0.2) is 0 Å². The topological polar surface area (TPSA) is 47.3 Å². The molecular weight excluding hydrogens is 192 g/mol. The number of hydrogen-bond acceptors (Lipinski definition) is 3. The Labute approximate surface area is 89.9 Å². The molecule has 0 saturated carbocycles. The van der Waals surface area contributed by atoms with Crippen molar-refractivity contribution < 1.29 is 9.84 Å². The van der Waals surface area contributed by atoms with Crippen molar-refractivity contribution in [3.63, 3.8) is 0 Å². The molecule has 1 saturated heterocycles. The first-order valence-electron chi connectivity index (χ1n) is 5.51. The van der Waals surface area contributed by atoms with Crippen molar-refractivity contribution >= 4 is 0 Å². The lowest BCUT2D eigenvalue weighted by atomic mass is 10.0. The minimum absolute atomic E-state index is 0.261. The van der Waals surface area contributed by atoms with Crippen molar-refractivity contribution in [2.45, 2.75) is 37.9 Å². The number of aromatic nitrogens is 2. The van der Waals surface area contributed by atoms with Gasteiger partial charge in [-0.1, -0.05) is 0 Å². The minimum Gasteiger partial charge on any atom is -0.393 e. The summed E-state index contributed by atoms with van der Waals surface area (Å²) in [6, 6.07) is 0. The van der Waals surface area contributed by atoms with Crippen molar-refractivity contribution in [1.82, 2.24) is 9.78 Å². The van der Waals surface area contributed by atoms with Crippen LogP contribution in [0.2, 0.25) is 0 Å². The van der Waals surface area contributed by atoms with E-state index < -0.39 is 0 Å². The molecule has 84 valence electrons. The predicted octanol–water partition coefficient (Wildman–Crippen LogP) is 0.893. The Morgan fingerprint density at radius 3 is 3.20 bits per heavy atom. The van der Waals surface area contributed by atoms with Gasteiger partial charge in [0.25, 0.3) is 0 Å². The van der Waals surface area contributed by atoms with Gasteiger partial charge in [0.15, 0.2) is 0 Å². The molecule has 0 aromatic carbocycles. The van der Waals surface area contributed by atoms with Crippen molar-refractivity contribution in [3.05, 3.63) is 18.0 Å². The molecule has 0 radical (unpaired) electrons. The Hall–Kier alpha value is -0.870. The van der Waals surface area contributed by atoms with Gasteiger partial charge in [-0.05, 0) is 24.8 Å². The number of hydrogen-bond donors (Lipinski definition) is 1. The minimum atomic E-state index is -0.308. The molecule has 0 aliphatic carbocycles. The summed E-state index contributed by atoms with van der Waals surface area (Å²) in [6.07, 6.45) is 7.34. The predicted molar refractivity (Wildman–Crippen MR) is 56.5 cm³/mol. The highest BCUT2D eigenvalue weighted by Gasteiger charge is 2.19. The van der Waals surface area contributed by atoms with E-state index in [1.54, 1.807) is 10.9 Å².